The van der Waals surface area contributed by atoms with E-state index in [-0.39, 0.29) is 17.2 Å². The summed E-state index contributed by atoms with van der Waals surface area (Å²) in [7, 11) is 1.86. The molecule has 2 amide bonds. The van der Waals surface area contributed by atoms with Crippen molar-refractivity contribution in [3.63, 3.8) is 0 Å². The molecule has 1 aromatic heterocycles. The van der Waals surface area contributed by atoms with Crippen molar-refractivity contribution in [2.75, 3.05) is 26.7 Å². The van der Waals surface area contributed by atoms with E-state index in [4.69, 9.17) is 4.42 Å². The number of nitrogens with zero attached hydrogens (tertiary/aromatic N) is 2. The van der Waals surface area contributed by atoms with Gasteiger partial charge in [-0.2, -0.15) is 0 Å². The van der Waals surface area contributed by atoms with Crippen molar-refractivity contribution < 1.29 is 14.0 Å². The van der Waals surface area contributed by atoms with Crippen LogP contribution in [-0.2, 0) is 4.79 Å². The molecule has 5 heteroatoms. The molecule has 4 rings (SSSR count). The average molecular weight is 326 g/mol. The van der Waals surface area contributed by atoms with Crippen molar-refractivity contribution >= 4 is 22.8 Å². The standard InChI is InChI=1S/C19H22N2O3/c1-13-11-14-5-3-6-15(16(14)24-13)17(22)21-10-8-19(12-21)7-4-9-20(2)18(19)23/h3,5-6,11H,4,7-10,12H2,1-2H3/t19-/m1/s1. The number of hydrogen-bond donors (Lipinski definition) is 0. The number of rotatable bonds is 1. The second kappa shape index (κ2) is 5.36. The van der Waals surface area contributed by atoms with E-state index in [1.54, 1.807) is 0 Å². The maximum atomic E-state index is 13.0. The Bertz CT molecular complexity index is 825. The first kappa shape index (κ1) is 15.2. The first-order chi connectivity index (χ1) is 11.5. The SMILES string of the molecule is Cc1cc2cccc(C(=O)N3CC[C@]4(CCCN(C)C4=O)C3)c2o1. The van der Waals surface area contributed by atoms with Gasteiger partial charge in [0.15, 0.2) is 0 Å². The molecule has 0 bridgehead atoms. The third-order valence-electron chi connectivity index (χ3n) is 5.49. The number of furan rings is 1. The lowest BCUT2D eigenvalue weighted by Gasteiger charge is -2.37. The summed E-state index contributed by atoms with van der Waals surface area (Å²) < 4.78 is 5.73. The van der Waals surface area contributed by atoms with Gasteiger partial charge in [-0.1, -0.05) is 12.1 Å². The fourth-order valence-electron chi connectivity index (χ4n) is 4.22. The number of benzene rings is 1. The van der Waals surface area contributed by atoms with Gasteiger partial charge in [0, 0.05) is 32.1 Å². The lowest BCUT2D eigenvalue weighted by atomic mass is 9.78. The van der Waals surface area contributed by atoms with E-state index in [0.29, 0.717) is 24.2 Å². The van der Waals surface area contributed by atoms with Gasteiger partial charge in [-0.05, 0) is 38.3 Å². The van der Waals surface area contributed by atoms with Crippen molar-refractivity contribution in [1.82, 2.24) is 9.80 Å². The van der Waals surface area contributed by atoms with Gasteiger partial charge < -0.3 is 14.2 Å². The van der Waals surface area contributed by atoms with Crippen LogP contribution in [0.25, 0.3) is 11.0 Å². The zero-order valence-electron chi connectivity index (χ0n) is 14.2. The third kappa shape index (κ3) is 2.22. The normalized spacial score (nSPS) is 24.3. The summed E-state index contributed by atoms with van der Waals surface area (Å²) in [5.41, 5.74) is 0.859. The van der Waals surface area contributed by atoms with Crippen LogP contribution in [0.15, 0.2) is 28.7 Å². The molecule has 126 valence electrons. The van der Waals surface area contributed by atoms with Crippen LogP contribution < -0.4 is 0 Å². The van der Waals surface area contributed by atoms with E-state index in [0.717, 1.165) is 37.0 Å². The molecule has 1 atom stereocenters. The number of aryl methyl sites for hydroxylation is 1. The molecule has 5 nitrogen and oxygen atoms in total. The summed E-state index contributed by atoms with van der Waals surface area (Å²) in [6, 6.07) is 7.59. The summed E-state index contributed by atoms with van der Waals surface area (Å²) in [5, 5.41) is 0.945. The van der Waals surface area contributed by atoms with Crippen molar-refractivity contribution in [2.24, 2.45) is 5.41 Å². The predicted octanol–water partition coefficient (Wildman–Crippen LogP) is 2.83. The van der Waals surface area contributed by atoms with Crippen molar-refractivity contribution in [3.8, 4) is 0 Å². The quantitative estimate of drug-likeness (QED) is 0.810. The van der Waals surface area contributed by atoms with Crippen molar-refractivity contribution in [2.45, 2.75) is 26.2 Å². The minimum Gasteiger partial charge on any atom is -0.461 e. The molecule has 0 N–H and O–H groups in total. The maximum Gasteiger partial charge on any atom is 0.257 e. The fourth-order valence-corrected chi connectivity index (χ4v) is 4.22. The van der Waals surface area contributed by atoms with Crippen molar-refractivity contribution in [3.05, 3.63) is 35.6 Å². The fraction of sp³-hybridized carbons (Fsp3) is 0.474. The minimum absolute atomic E-state index is 0.0344. The first-order valence-corrected chi connectivity index (χ1v) is 8.54. The topological polar surface area (TPSA) is 53.8 Å². The lowest BCUT2D eigenvalue weighted by Crippen LogP contribution is -2.48. The van der Waals surface area contributed by atoms with Gasteiger partial charge in [-0.15, -0.1) is 0 Å². The van der Waals surface area contributed by atoms with Gasteiger partial charge in [-0.25, -0.2) is 0 Å². The molecule has 1 spiro atoms. The predicted molar refractivity (Wildman–Crippen MR) is 90.8 cm³/mol. The number of carbonyl (C=O) groups is 2. The van der Waals surface area contributed by atoms with Gasteiger partial charge in [0.2, 0.25) is 5.91 Å². The second-order valence-corrected chi connectivity index (χ2v) is 7.17. The molecular formula is C19H22N2O3. The summed E-state index contributed by atoms with van der Waals surface area (Å²) in [4.78, 5) is 29.3. The Kier molecular flexibility index (Phi) is 3.41. The second-order valence-electron chi connectivity index (χ2n) is 7.17. The van der Waals surface area contributed by atoms with Gasteiger partial charge in [0.1, 0.15) is 11.3 Å². The minimum atomic E-state index is -0.379. The molecule has 2 aliphatic heterocycles. The number of para-hydroxylation sites is 1. The number of hydrogen-bond acceptors (Lipinski definition) is 3. The molecule has 3 heterocycles. The van der Waals surface area contributed by atoms with Gasteiger partial charge in [0.05, 0.1) is 11.0 Å². The number of fused-ring (bicyclic) bond motifs is 1. The molecule has 2 aromatic rings. The highest BCUT2D eigenvalue weighted by atomic mass is 16.3. The van der Waals surface area contributed by atoms with Crippen LogP contribution in [0.2, 0.25) is 0 Å². The van der Waals surface area contributed by atoms with Crippen molar-refractivity contribution in [1.29, 1.82) is 0 Å². The van der Waals surface area contributed by atoms with Crippen LogP contribution in [0, 0.1) is 12.3 Å². The zero-order valence-corrected chi connectivity index (χ0v) is 14.2. The van der Waals surface area contributed by atoms with E-state index in [1.807, 2.05) is 48.0 Å². The molecule has 0 aliphatic carbocycles. The Balaban J connectivity index is 1.63. The highest BCUT2D eigenvalue weighted by Gasteiger charge is 2.48. The van der Waals surface area contributed by atoms with Gasteiger partial charge >= 0.3 is 0 Å². The molecule has 1 aromatic carbocycles. The van der Waals surface area contributed by atoms with E-state index < -0.39 is 0 Å². The molecule has 24 heavy (non-hydrogen) atoms. The number of amides is 2. The third-order valence-corrected chi connectivity index (χ3v) is 5.49. The molecule has 0 saturated carbocycles. The molecule has 0 radical (unpaired) electrons. The molecular weight excluding hydrogens is 304 g/mol. The maximum absolute atomic E-state index is 13.0. The molecule has 2 saturated heterocycles. The Hall–Kier alpha value is -2.30. The number of piperidine rings is 1. The Labute approximate surface area is 141 Å². The Morgan fingerprint density at radius 2 is 2.08 bits per heavy atom. The van der Waals surface area contributed by atoms with E-state index in [1.165, 1.54) is 0 Å². The Morgan fingerprint density at radius 3 is 2.92 bits per heavy atom. The van der Waals surface area contributed by atoms with Crippen LogP contribution in [-0.4, -0.2) is 48.3 Å². The van der Waals surface area contributed by atoms with Gasteiger partial charge in [0.25, 0.3) is 5.91 Å². The molecule has 2 fully saturated rings. The summed E-state index contributed by atoms with van der Waals surface area (Å²) in [5.74, 6) is 0.955. The van der Waals surface area contributed by atoms with E-state index in [2.05, 4.69) is 0 Å². The average Bonchev–Trinajstić information content (AvgIpc) is 3.15. The molecule has 2 aliphatic rings. The first-order valence-electron chi connectivity index (χ1n) is 8.54. The summed E-state index contributed by atoms with van der Waals surface area (Å²) >= 11 is 0. The zero-order chi connectivity index (χ0) is 16.9. The molecule has 0 unspecified atom stereocenters. The van der Waals surface area contributed by atoms with E-state index >= 15 is 0 Å². The Morgan fingerprint density at radius 1 is 1.25 bits per heavy atom. The highest BCUT2D eigenvalue weighted by Crippen LogP contribution is 2.40. The highest BCUT2D eigenvalue weighted by molar-refractivity contribution is 6.05. The van der Waals surface area contributed by atoms with Crippen LogP contribution >= 0.6 is 0 Å². The van der Waals surface area contributed by atoms with Crippen LogP contribution in [0.4, 0.5) is 0 Å². The number of carbonyl (C=O) groups excluding carboxylic acids is 2. The van der Waals surface area contributed by atoms with Crippen LogP contribution in [0.1, 0.15) is 35.4 Å². The summed E-state index contributed by atoms with van der Waals surface area (Å²) in [6.07, 6.45) is 2.65. The summed E-state index contributed by atoms with van der Waals surface area (Å²) in [6.45, 7) is 3.86. The van der Waals surface area contributed by atoms with Crippen LogP contribution in [0.3, 0.4) is 0 Å². The monoisotopic (exact) mass is 326 g/mol. The lowest BCUT2D eigenvalue weighted by molar-refractivity contribution is -0.143. The van der Waals surface area contributed by atoms with Gasteiger partial charge in [-0.3, -0.25) is 9.59 Å². The smallest absolute Gasteiger partial charge is 0.257 e. The number of likely N-dealkylation sites (tertiary alicyclic amines) is 2. The van der Waals surface area contributed by atoms with E-state index in [9.17, 15) is 9.59 Å². The van der Waals surface area contributed by atoms with Crippen LogP contribution in [0.5, 0.6) is 0 Å². The largest absolute Gasteiger partial charge is 0.461 e.